The summed E-state index contributed by atoms with van der Waals surface area (Å²) in [5.41, 5.74) is 4.82. The number of piperidine rings is 1. The highest BCUT2D eigenvalue weighted by Crippen LogP contribution is 2.29. The molecular weight excluding hydrogens is 470 g/mol. The van der Waals surface area contributed by atoms with Gasteiger partial charge in [0, 0.05) is 12.5 Å². The zero-order valence-electron chi connectivity index (χ0n) is 21.8. The van der Waals surface area contributed by atoms with Crippen molar-refractivity contribution in [1.29, 1.82) is 0 Å². The molecule has 4 nitrogen and oxygen atoms in total. The summed E-state index contributed by atoms with van der Waals surface area (Å²) < 4.78 is 19.5. The van der Waals surface area contributed by atoms with Crippen LogP contribution in [0.5, 0.6) is 0 Å². The standard InChI is InChI=1S/C34H37NO3/c1-5-13-27(14-6-1)21-31-33(37-24-29-17-9-3-10-18-29)22-35-32(26-36-23-28-15-7-2-8-16-28)34(31)38-25-30-19-11-4-12-20-30/h1-20,31-35H,21-26H2. The minimum Gasteiger partial charge on any atom is -0.375 e. The van der Waals surface area contributed by atoms with Crippen LogP contribution in [0.1, 0.15) is 22.3 Å². The molecule has 0 aromatic heterocycles. The van der Waals surface area contributed by atoms with Crippen molar-refractivity contribution < 1.29 is 14.2 Å². The summed E-state index contributed by atoms with van der Waals surface area (Å²) in [6, 6.07) is 41.9. The van der Waals surface area contributed by atoms with Gasteiger partial charge in [-0.2, -0.15) is 0 Å². The number of ether oxygens (including phenoxy) is 3. The first-order valence-electron chi connectivity index (χ1n) is 13.6. The summed E-state index contributed by atoms with van der Waals surface area (Å²) >= 11 is 0. The molecule has 0 spiro atoms. The first-order valence-corrected chi connectivity index (χ1v) is 13.6. The van der Waals surface area contributed by atoms with E-state index in [0.29, 0.717) is 26.4 Å². The smallest absolute Gasteiger partial charge is 0.0811 e. The van der Waals surface area contributed by atoms with Crippen LogP contribution in [0.4, 0.5) is 0 Å². The minimum atomic E-state index is -0.0688. The molecule has 1 N–H and O–H groups in total. The first-order chi connectivity index (χ1) is 18.8. The van der Waals surface area contributed by atoms with E-state index in [-0.39, 0.29) is 24.2 Å². The van der Waals surface area contributed by atoms with Crippen molar-refractivity contribution in [3.8, 4) is 0 Å². The topological polar surface area (TPSA) is 39.7 Å². The third kappa shape index (κ3) is 7.62. The second-order valence-corrected chi connectivity index (χ2v) is 9.97. The summed E-state index contributed by atoms with van der Waals surface area (Å²) in [6.07, 6.45) is 0.832. The number of rotatable bonds is 12. The molecule has 0 aliphatic carbocycles. The summed E-state index contributed by atoms with van der Waals surface area (Å²) in [5.74, 6) is 0.177. The first kappa shape index (κ1) is 26.3. The zero-order valence-corrected chi connectivity index (χ0v) is 21.8. The van der Waals surface area contributed by atoms with Gasteiger partial charge in [0.15, 0.2) is 0 Å². The molecule has 1 saturated heterocycles. The maximum Gasteiger partial charge on any atom is 0.0811 e. The predicted molar refractivity (Wildman–Crippen MR) is 152 cm³/mol. The predicted octanol–water partition coefficient (Wildman–Crippen LogP) is 6.20. The van der Waals surface area contributed by atoms with Crippen LogP contribution in [0.3, 0.4) is 0 Å². The Morgan fingerprint density at radius 2 is 1.03 bits per heavy atom. The van der Waals surface area contributed by atoms with Crippen molar-refractivity contribution in [3.63, 3.8) is 0 Å². The Morgan fingerprint density at radius 3 is 1.58 bits per heavy atom. The third-order valence-electron chi connectivity index (χ3n) is 7.19. The van der Waals surface area contributed by atoms with Crippen LogP contribution in [0.25, 0.3) is 0 Å². The van der Waals surface area contributed by atoms with Crippen LogP contribution in [0, 0.1) is 5.92 Å². The van der Waals surface area contributed by atoms with E-state index in [0.717, 1.165) is 13.0 Å². The van der Waals surface area contributed by atoms with E-state index in [1.54, 1.807) is 0 Å². The molecule has 196 valence electrons. The highest BCUT2D eigenvalue weighted by molar-refractivity contribution is 5.18. The maximum absolute atomic E-state index is 6.73. The molecule has 4 heteroatoms. The minimum absolute atomic E-state index is 0.0153. The van der Waals surface area contributed by atoms with Gasteiger partial charge in [0.25, 0.3) is 0 Å². The quantitative estimate of drug-likeness (QED) is 0.248. The Morgan fingerprint density at radius 1 is 0.553 bits per heavy atom. The number of hydrogen-bond donors (Lipinski definition) is 1. The van der Waals surface area contributed by atoms with Crippen molar-refractivity contribution in [3.05, 3.63) is 144 Å². The van der Waals surface area contributed by atoms with Crippen LogP contribution in [0.15, 0.2) is 121 Å². The molecule has 1 aliphatic heterocycles. The van der Waals surface area contributed by atoms with Gasteiger partial charge in [0.2, 0.25) is 0 Å². The van der Waals surface area contributed by atoms with E-state index < -0.39 is 0 Å². The fraction of sp³-hybridized carbons (Fsp3) is 0.294. The summed E-state index contributed by atoms with van der Waals surface area (Å²) in [4.78, 5) is 0. The second-order valence-electron chi connectivity index (χ2n) is 9.97. The molecule has 1 heterocycles. The van der Waals surface area contributed by atoms with Crippen molar-refractivity contribution >= 4 is 0 Å². The number of hydrogen-bond acceptors (Lipinski definition) is 4. The van der Waals surface area contributed by atoms with Gasteiger partial charge < -0.3 is 19.5 Å². The van der Waals surface area contributed by atoms with Gasteiger partial charge in [-0.15, -0.1) is 0 Å². The third-order valence-corrected chi connectivity index (χ3v) is 7.19. The number of nitrogens with one attached hydrogen (secondary N) is 1. The normalized spacial score (nSPS) is 21.3. The van der Waals surface area contributed by atoms with E-state index in [4.69, 9.17) is 14.2 Å². The SMILES string of the molecule is c1ccc(COCC2NCC(OCc3ccccc3)C(Cc3ccccc3)C2OCc2ccccc2)cc1. The summed E-state index contributed by atoms with van der Waals surface area (Å²) in [6.45, 7) is 3.06. The Balaban J connectivity index is 1.34. The van der Waals surface area contributed by atoms with Crippen molar-refractivity contribution in [2.24, 2.45) is 5.92 Å². The number of benzene rings is 4. The average Bonchev–Trinajstić information content (AvgIpc) is 2.98. The van der Waals surface area contributed by atoms with E-state index in [1.807, 2.05) is 30.3 Å². The van der Waals surface area contributed by atoms with E-state index in [1.165, 1.54) is 22.3 Å². The molecule has 0 amide bonds. The van der Waals surface area contributed by atoms with Crippen LogP contribution in [0.2, 0.25) is 0 Å². The molecule has 4 aromatic rings. The monoisotopic (exact) mass is 507 g/mol. The lowest BCUT2D eigenvalue weighted by Gasteiger charge is -2.43. The largest absolute Gasteiger partial charge is 0.375 e. The molecule has 4 atom stereocenters. The average molecular weight is 508 g/mol. The lowest BCUT2D eigenvalue weighted by Crippen LogP contribution is -2.60. The Kier molecular flexibility index (Phi) is 9.72. The van der Waals surface area contributed by atoms with Gasteiger partial charge in [-0.05, 0) is 28.7 Å². The fourth-order valence-corrected chi connectivity index (χ4v) is 5.18. The molecule has 0 bridgehead atoms. The highest BCUT2D eigenvalue weighted by Gasteiger charge is 2.41. The maximum atomic E-state index is 6.73. The molecular formula is C34H37NO3. The van der Waals surface area contributed by atoms with Crippen LogP contribution >= 0.6 is 0 Å². The van der Waals surface area contributed by atoms with Crippen LogP contribution < -0.4 is 5.32 Å². The van der Waals surface area contributed by atoms with Crippen LogP contribution in [-0.2, 0) is 40.5 Å². The summed E-state index contributed by atoms with van der Waals surface area (Å²) in [7, 11) is 0. The van der Waals surface area contributed by atoms with E-state index in [2.05, 4.69) is 96.3 Å². The molecule has 38 heavy (non-hydrogen) atoms. The molecule has 0 saturated carbocycles. The van der Waals surface area contributed by atoms with Gasteiger partial charge in [0.1, 0.15) is 0 Å². The van der Waals surface area contributed by atoms with Gasteiger partial charge in [-0.25, -0.2) is 0 Å². The molecule has 5 rings (SSSR count). The molecule has 4 unspecified atom stereocenters. The van der Waals surface area contributed by atoms with Gasteiger partial charge in [-0.1, -0.05) is 121 Å². The van der Waals surface area contributed by atoms with Crippen LogP contribution in [-0.4, -0.2) is 31.4 Å². The zero-order chi connectivity index (χ0) is 25.8. The molecule has 0 radical (unpaired) electrons. The Hall–Kier alpha value is -3.28. The molecule has 1 aliphatic rings. The van der Waals surface area contributed by atoms with Gasteiger partial charge in [-0.3, -0.25) is 0 Å². The Labute approximate surface area is 226 Å². The van der Waals surface area contributed by atoms with E-state index >= 15 is 0 Å². The van der Waals surface area contributed by atoms with Crippen molar-refractivity contribution in [2.45, 2.75) is 44.5 Å². The van der Waals surface area contributed by atoms with Gasteiger partial charge in [0.05, 0.1) is 44.7 Å². The Bertz CT molecular complexity index is 1190. The second kappa shape index (κ2) is 14.0. The van der Waals surface area contributed by atoms with Crippen molar-refractivity contribution in [1.82, 2.24) is 5.32 Å². The lowest BCUT2D eigenvalue weighted by molar-refractivity contribution is -0.121. The fourth-order valence-electron chi connectivity index (χ4n) is 5.18. The lowest BCUT2D eigenvalue weighted by atomic mass is 9.82. The molecule has 1 fully saturated rings. The van der Waals surface area contributed by atoms with Crippen molar-refractivity contribution in [2.75, 3.05) is 13.2 Å². The molecule has 4 aromatic carbocycles. The summed E-state index contributed by atoms with van der Waals surface area (Å²) in [5, 5.41) is 3.72. The highest BCUT2D eigenvalue weighted by atomic mass is 16.5. The van der Waals surface area contributed by atoms with E-state index in [9.17, 15) is 0 Å². The van der Waals surface area contributed by atoms with Gasteiger partial charge >= 0.3 is 0 Å².